The Labute approximate surface area is 165 Å². The topological polar surface area (TPSA) is 79.1 Å². The van der Waals surface area contributed by atoms with E-state index in [-0.39, 0.29) is 12.3 Å². The van der Waals surface area contributed by atoms with Crippen LogP contribution in [0.15, 0.2) is 48.5 Å². The lowest BCUT2D eigenvalue weighted by molar-refractivity contribution is -0.384. The van der Waals surface area contributed by atoms with Crippen LogP contribution in [0.1, 0.15) is 11.1 Å². The lowest BCUT2D eigenvalue weighted by Crippen LogP contribution is -2.48. The number of nitro groups is 1. The van der Waals surface area contributed by atoms with Crippen LogP contribution < -0.4 is 4.74 Å². The number of β-amino-alcohol motifs (C(OH)–C–C–N with tert-alkyl or cyclic N) is 1. The van der Waals surface area contributed by atoms with Gasteiger partial charge in [-0.25, -0.2) is 0 Å². The van der Waals surface area contributed by atoms with E-state index >= 15 is 0 Å². The van der Waals surface area contributed by atoms with Gasteiger partial charge in [0, 0.05) is 45.3 Å². The van der Waals surface area contributed by atoms with Gasteiger partial charge in [-0.1, -0.05) is 30.3 Å². The molecule has 0 saturated carbocycles. The molecule has 0 aromatic heterocycles. The lowest BCUT2D eigenvalue weighted by Gasteiger charge is -2.35. The number of benzene rings is 2. The molecule has 1 fully saturated rings. The van der Waals surface area contributed by atoms with Gasteiger partial charge in [0.2, 0.25) is 0 Å². The van der Waals surface area contributed by atoms with Crippen molar-refractivity contribution in [3.63, 3.8) is 0 Å². The van der Waals surface area contributed by atoms with Crippen molar-refractivity contribution >= 4 is 5.69 Å². The third-order valence-corrected chi connectivity index (χ3v) is 5.06. The lowest BCUT2D eigenvalue weighted by atomic mass is 10.1. The van der Waals surface area contributed by atoms with Crippen molar-refractivity contribution in [2.45, 2.75) is 19.6 Å². The quantitative estimate of drug-likeness (QED) is 0.556. The zero-order valence-corrected chi connectivity index (χ0v) is 16.2. The molecule has 0 bridgehead atoms. The van der Waals surface area contributed by atoms with Crippen molar-refractivity contribution in [2.24, 2.45) is 0 Å². The van der Waals surface area contributed by atoms with Gasteiger partial charge in [0.25, 0.3) is 5.69 Å². The van der Waals surface area contributed by atoms with Gasteiger partial charge in [0.15, 0.2) is 0 Å². The van der Waals surface area contributed by atoms with E-state index in [2.05, 4.69) is 41.0 Å². The zero-order valence-electron chi connectivity index (χ0n) is 16.2. The Kier molecular flexibility index (Phi) is 6.97. The molecule has 2 aromatic carbocycles. The molecule has 2 aromatic rings. The molecule has 0 aliphatic carbocycles. The summed E-state index contributed by atoms with van der Waals surface area (Å²) >= 11 is 0. The highest BCUT2D eigenvalue weighted by atomic mass is 16.6. The minimum Gasteiger partial charge on any atom is -0.491 e. The Bertz CT molecular complexity index is 791. The molecule has 1 atom stereocenters. The number of hydrogen-bond donors (Lipinski definition) is 1. The summed E-state index contributed by atoms with van der Waals surface area (Å²) in [6.07, 6.45) is -0.637. The van der Waals surface area contributed by atoms with E-state index in [4.69, 9.17) is 4.74 Å². The molecule has 7 heteroatoms. The van der Waals surface area contributed by atoms with Crippen LogP contribution in [-0.2, 0) is 6.54 Å². The van der Waals surface area contributed by atoms with E-state index in [1.807, 2.05) is 0 Å². The Morgan fingerprint density at radius 2 is 1.82 bits per heavy atom. The minimum atomic E-state index is -0.637. The monoisotopic (exact) mass is 385 g/mol. The van der Waals surface area contributed by atoms with E-state index in [1.54, 1.807) is 12.1 Å². The van der Waals surface area contributed by atoms with E-state index < -0.39 is 11.0 Å². The van der Waals surface area contributed by atoms with E-state index in [1.165, 1.54) is 23.3 Å². The Hall–Kier alpha value is -2.48. The second-order valence-corrected chi connectivity index (χ2v) is 7.22. The number of piperazine rings is 1. The van der Waals surface area contributed by atoms with Crippen molar-refractivity contribution in [1.29, 1.82) is 0 Å². The van der Waals surface area contributed by atoms with Gasteiger partial charge >= 0.3 is 0 Å². The maximum Gasteiger partial charge on any atom is 0.273 e. The van der Waals surface area contributed by atoms with Crippen molar-refractivity contribution in [3.05, 3.63) is 69.8 Å². The minimum absolute atomic E-state index is 0.0169. The second-order valence-electron chi connectivity index (χ2n) is 7.22. The standard InChI is InChI=1S/C21H27N3O4/c1-17-5-2-3-6-18(17)14-22-9-11-23(12-10-22)15-20(25)16-28-21-8-4-7-19(13-21)24(26)27/h2-8,13,20,25H,9-12,14-16H2,1H3. The summed E-state index contributed by atoms with van der Waals surface area (Å²) in [7, 11) is 0. The molecule has 7 nitrogen and oxygen atoms in total. The molecule has 1 heterocycles. The molecule has 1 aliphatic heterocycles. The van der Waals surface area contributed by atoms with Gasteiger partial charge in [-0.2, -0.15) is 0 Å². The van der Waals surface area contributed by atoms with Gasteiger partial charge in [-0.05, 0) is 24.1 Å². The second kappa shape index (κ2) is 9.64. The predicted molar refractivity (Wildman–Crippen MR) is 107 cm³/mol. The molecule has 1 saturated heterocycles. The fourth-order valence-corrected chi connectivity index (χ4v) is 3.39. The summed E-state index contributed by atoms with van der Waals surface area (Å²) in [6.45, 7) is 7.49. The van der Waals surface area contributed by atoms with E-state index in [9.17, 15) is 15.2 Å². The summed E-state index contributed by atoms with van der Waals surface area (Å²) < 4.78 is 5.52. The molecule has 0 radical (unpaired) electrons. The fraction of sp³-hybridized carbons (Fsp3) is 0.429. The van der Waals surface area contributed by atoms with Crippen molar-refractivity contribution in [2.75, 3.05) is 39.3 Å². The largest absolute Gasteiger partial charge is 0.491 e. The normalized spacial score (nSPS) is 16.6. The van der Waals surface area contributed by atoms with Gasteiger partial charge in [0.05, 0.1) is 11.0 Å². The van der Waals surface area contributed by atoms with Crippen LogP contribution in [0.3, 0.4) is 0 Å². The van der Waals surface area contributed by atoms with E-state index in [0.29, 0.717) is 12.3 Å². The average Bonchev–Trinajstić information content (AvgIpc) is 2.70. The van der Waals surface area contributed by atoms with Crippen LogP contribution in [0.25, 0.3) is 0 Å². The highest BCUT2D eigenvalue weighted by molar-refractivity contribution is 5.37. The maximum absolute atomic E-state index is 10.8. The first-order valence-corrected chi connectivity index (χ1v) is 9.56. The molecule has 0 amide bonds. The molecule has 1 N–H and O–H groups in total. The Morgan fingerprint density at radius 3 is 2.54 bits per heavy atom. The first kappa shape index (κ1) is 20.3. The first-order valence-electron chi connectivity index (χ1n) is 9.56. The van der Waals surface area contributed by atoms with Crippen LogP contribution >= 0.6 is 0 Å². The first-order chi connectivity index (χ1) is 13.5. The van der Waals surface area contributed by atoms with Gasteiger partial charge < -0.3 is 9.84 Å². The van der Waals surface area contributed by atoms with Crippen LogP contribution in [0.4, 0.5) is 5.69 Å². The summed E-state index contributed by atoms with van der Waals surface area (Å²) in [4.78, 5) is 15.0. The summed E-state index contributed by atoms with van der Waals surface area (Å²) in [5.74, 6) is 0.399. The number of non-ortho nitro benzene ring substituents is 1. The van der Waals surface area contributed by atoms with Gasteiger partial charge in [-0.3, -0.25) is 19.9 Å². The molecule has 1 aliphatic rings. The molecule has 150 valence electrons. The smallest absolute Gasteiger partial charge is 0.273 e. The molecule has 3 rings (SSSR count). The highest BCUT2D eigenvalue weighted by Gasteiger charge is 2.20. The van der Waals surface area contributed by atoms with E-state index in [0.717, 1.165) is 32.7 Å². The molecular formula is C21H27N3O4. The van der Waals surface area contributed by atoms with Crippen molar-refractivity contribution < 1.29 is 14.8 Å². The fourth-order valence-electron chi connectivity index (χ4n) is 3.39. The predicted octanol–water partition coefficient (Wildman–Crippen LogP) is 2.46. The number of aryl methyl sites for hydroxylation is 1. The number of nitro benzene ring substituents is 1. The van der Waals surface area contributed by atoms with Crippen molar-refractivity contribution in [1.82, 2.24) is 9.80 Å². The number of nitrogens with zero attached hydrogens (tertiary/aromatic N) is 3. The van der Waals surface area contributed by atoms with Gasteiger partial charge in [0.1, 0.15) is 18.5 Å². The summed E-state index contributed by atoms with van der Waals surface area (Å²) in [6, 6.07) is 14.5. The zero-order chi connectivity index (χ0) is 19.9. The number of rotatable bonds is 8. The number of aliphatic hydroxyl groups excluding tert-OH is 1. The molecular weight excluding hydrogens is 358 g/mol. The van der Waals surface area contributed by atoms with Gasteiger partial charge in [-0.15, -0.1) is 0 Å². The number of ether oxygens (including phenoxy) is 1. The third kappa shape index (κ3) is 5.76. The Balaban J connectivity index is 1.40. The molecule has 1 unspecified atom stereocenters. The SMILES string of the molecule is Cc1ccccc1CN1CCN(CC(O)COc2cccc([N+](=O)[O-])c2)CC1. The number of hydrogen-bond acceptors (Lipinski definition) is 6. The van der Waals surface area contributed by atoms with Crippen LogP contribution in [-0.4, -0.2) is 65.3 Å². The summed E-state index contributed by atoms with van der Waals surface area (Å²) in [5.41, 5.74) is 2.66. The van der Waals surface area contributed by atoms with Crippen LogP contribution in [0, 0.1) is 17.0 Å². The van der Waals surface area contributed by atoms with Crippen molar-refractivity contribution in [3.8, 4) is 5.75 Å². The summed E-state index contributed by atoms with van der Waals surface area (Å²) in [5, 5.41) is 21.1. The molecule has 28 heavy (non-hydrogen) atoms. The maximum atomic E-state index is 10.8. The van der Waals surface area contributed by atoms with Crippen LogP contribution in [0.5, 0.6) is 5.75 Å². The molecule has 0 spiro atoms. The van der Waals surface area contributed by atoms with Crippen LogP contribution in [0.2, 0.25) is 0 Å². The Morgan fingerprint density at radius 1 is 1.11 bits per heavy atom. The third-order valence-electron chi connectivity index (χ3n) is 5.06. The number of aliphatic hydroxyl groups is 1. The average molecular weight is 385 g/mol. The highest BCUT2D eigenvalue weighted by Crippen LogP contribution is 2.19.